The molecule has 1 aliphatic rings. The Morgan fingerprint density at radius 1 is 1.00 bits per heavy atom. The van der Waals surface area contributed by atoms with Gasteiger partial charge < -0.3 is 10.1 Å². The molecule has 150 valence electrons. The van der Waals surface area contributed by atoms with Crippen molar-refractivity contribution in [3.63, 3.8) is 0 Å². The summed E-state index contributed by atoms with van der Waals surface area (Å²) in [4.78, 5) is 12.3. The molecule has 6 nitrogen and oxygen atoms in total. The summed E-state index contributed by atoms with van der Waals surface area (Å²) in [5, 5.41) is 3.37. The van der Waals surface area contributed by atoms with E-state index in [1.165, 1.54) is 40.7 Å². The van der Waals surface area contributed by atoms with E-state index in [0.717, 1.165) is 12.8 Å². The Bertz CT molecular complexity index is 975. The highest BCUT2D eigenvalue weighted by Gasteiger charge is 2.26. The number of benzene rings is 2. The van der Waals surface area contributed by atoms with Crippen LogP contribution in [0.4, 0.5) is 5.69 Å². The molecule has 0 saturated carbocycles. The largest absolute Gasteiger partial charge is 0.484 e. The first-order valence-electron chi connectivity index (χ1n) is 8.45. The van der Waals surface area contributed by atoms with Crippen molar-refractivity contribution in [3.05, 3.63) is 51.5 Å². The fourth-order valence-electron chi connectivity index (χ4n) is 2.74. The zero-order valence-electron chi connectivity index (χ0n) is 14.6. The van der Waals surface area contributed by atoms with Gasteiger partial charge in [-0.1, -0.05) is 34.8 Å². The standard InChI is InChI=1S/C18H17Cl3N2O4S/c19-14-9-16(21)17(10-15(14)20)22-18(24)11-27-12-3-5-13(6-4-12)28(25,26)23-7-1-2-8-23/h3-6,9-10H,1-2,7-8,11H2,(H,22,24). The number of amides is 1. The quantitative estimate of drug-likeness (QED) is 0.642. The second-order valence-corrected chi connectivity index (χ2v) is 9.33. The van der Waals surface area contributed by atoms with Crippen LogP contribution in [0, 0.1) is 0 Å². The van der Waals surface area contributed by atoms with Gasteiger partial charge in [-0.05, 0) is 49.2 Å². The Morgan fingerprint density at radius 3 is 2.25 bits per heavy atom. The minimum absolute atomic E-state index is 0.203. The summed E-state index contributed by atoms with van der Waals surface area (Å²) in [5.41, 5.74) is 0.316. The molecule has 1 aliphatic heterocycles. The third-order valence-electron chi connectivity index (χ3n) is 4.18. The molecule has 0 spiro atoms. The van der Waals surface area contributed by atoms with Crippen molar-refractivity contribution in [3.8, 4) is 5.75 Å². The summed E-state index contributed by atoms with van der Waals surface area (Å²) in [5.74, 6) is -0.0789. The maximum absolute atomic E-state index is 12.5. The van der Waals surface area contributed by atoms with E-state index in [2.05, 4.69) is 5.32 Å². The third-order valence-corrected chi connectivity index (χ3v) is 7.13. The lowest BCUT2D eigenvalue weighted by Crippen LogP contribution is -2.27. The van der Waals surface area contributed by atoms with E-state index in [-0.39, 0.29) is 26.6 Å². The molecule has 0 radical (unpaired) electrons. The Kier molecular flexibility index (Phi) is 6.73. The number of ether oxygens (including phenoxy) is 1. The topological polar surface area (TPSA) is 75.7 Å². The molecule has 2 aromatic rings. The van der Waals surface area contributed by atoms with Crippen LogP contribution in [0.25, 0.3) is 0 Å². The highest BCUT2D eigenvalue weighted by atomic mass is 35.5. The van der Waals surface area contributed by atoms with Crippen LogP contribution < -0.4 is 10.1 Å². The van der Waals surface area contributed by atoms with Crippen molar-refractivity contribution in [2.45, 2.75) is 17.7 Å². The highest BCUT2D eigenvalue weighted by Crippen LogP contribution is 2.32. The Hall–Kier alpha value is -1.51. The van der Waals surface area contributed by atoms with Gasteiger partial charge in [0, 0.05) is 13.1 Å². The molecule has 3 rings (SSSR count). The van der Waals surface area contributed by atoms with Gasteiger partial charge in [-0.15, -0.1) is 0 Å². The number of rotatable bonds is 6. The van der Waals surface area contributed by atoms with Crippen LogP contribution in [0.1, 0.15) is 12.8 Å². The lowest BCUT2D eigenvalue weighted by molar-refractivity contribution is -0.118. The fraction of sp³-hybridized carbons (Fsp3) is 0.278. The van der Waals surface area contributed by atoms with Crippen LogP contribution in [0.5, 0.6) is 5.75 Å². The van der Waals surface area contributed by atoms with Crippen LogP contribution in [-0.2, 0) is 14.8 Å². The lowest BCUT2D eigenvalue weighted by atomic mass is 10.3. The van der Waals surface area contributed by atoms with E-state index in [9.17, 15) is 13.2 Å². The number of hydrogen-bond acceptors (Lipinski definition) is 4. The van der Waals surface area contributed by atoms with Crippen LogP contribution in [0.15, 0.2) is 41.3 Å². The van der Waals surface area contributed by atoms with Gasteiger partial charge in [0.2, 0.25) is 10.0 Å². The van der Waals surface area contributed by atoms with Gasteiger partial charge in [-0.3, -0.25) is 4.79 Å². The van der Waals surface area contributed by atoms with Gasteiger partial charge in [0.05, 0.1) is 25.7 Å². The number of nitrogens with zero attached hydrogens (tertiary/aromatic N) is 1. The molecule has 28 heavy (non-hydrogen) atoms. The van der Waals surface area contributed by atoms with Crippen molar-refractivity contribution in [1.82, 2.24) is 4.31 Å². The second kappa shape index (κ2) is 8.88. The molecule has 0 aliphatic carbocycles. The Balaban J connectivity index is 1.59. The third kappa shape index (κ3) is 4.90. The number of sulfonamides is 1. The Morgan fingerprint density at radius 2 is 1.61 bits per heavy atom. The molecule has 1 fully saturated rings. The minimum atomic E-state index is -3.48. The van der Waals surface area contributed by atoms with Crippen LogP contribution >= 0.6 is 34.8 Å². The zero-order valence-corrected chi connectivity index (χ0v) is 17.7. The summed E-state index contributed by atoms with van der Waals surface area (Å²) in [6.07, 6.45) is 1.75. The van der Waals surface area contributed by atoms with Crippen molar-refractivity contribution in [1.29, 1.82) is 0 Å². The first kappa shape index (κ1) is 21.2. The van der Waals surface area contributed by atoms with Gasteiger partial charge in [0.1, 0.15) is 5.75 Å². The first-order chi connectivity index (χ1) is 13.3. The maximum Gasteiger partial charge on any atom is 0.262 e. The summed E-state index contributed by atoms with van der Waals surface area (Å²) in [7, 11) is -3.48. The van der Waals surface area contributed by atoms with E-state index in [1.54, 1.807) is 0 Å². The van der Waals surface area contributed by atoms with E-state index in [1.807, 2.05) is 0 Å². The van der Waals surface area contributed by atoms with Crippen molar-refractivity contribution in [2.75, 3.05) is 25.0 Å². The molecule has 0 aromatic heterocycles. The number of hydrogen-bond donors (Lipinski definition) is 1. The monoisotopic (exact) mass is 462 g/mol. The lowest BCUT2D eigenvalue weighted by Gasteiger charge is -2.15. The van der Waals surface area contributed by atoms with Gasteiger partial charge in [0.15, 0.2) is 6.61 Å². The van der Waals surface area contributed by atoms with Crippen molar-refractivity contribution in [2.24, 2.45) is 0 Å². The molecule has 0 unspecified atom stereocenters. The number of nitrogens with one attached hydrogen (secondary N) is 1. The Labute approximate surface area is 178 Å². The van der Waals surface area contributed by atoms with E-state index in [0.29, 0.717) is 24.5 Å². The molecule has 1 heterocycles. The average Bonchev–Trinajstić information content (AvgIpc) is 3.20. The van der Waals surface area contributed by atoms with E-state index >= 15 is 0 Å². The average molecular weight is 464 g/mol. The first-order valence-corrected chi connectivity index (χ1v) is 11.0. The number of carbonyl (C=O) groups excluding carboxylic acids is 1. The van der Waals surface area contributed by atoms with Gasteiger partial charge >= 0.3 is 0 Å². The summed E-state index contributed by atoms with van der Waals surface area (Å²) in [6, 6.07) is 8.85. The van der Waals surface area contributed by atoms with Crippen molar-refractivity contribution >= 4 is 56.4 Å². The minimum Gasteiger partial charge on any atom is -0.484 e. The molecular formula is C18H17Cl3N2O4S. The molecule has 0 atom stereocenters. The highest BCUT2D eigenvalue weighted by molar-refractivity contribution is 7.89. The molecule has 10 heteroatoms. The number of halogens is 3. The normalized spacial score (nSPS) is 14.8. The molecule has 2 aromatic carbocycles. The smallest absolute Gasteiger partial charge is 0.262 e. The predicted octanol–water partition coefficient (Wildman–Crippen LogP) is 4.45. The van der Waals surface area contributed by atoms with Gasteiger partial charge in [0.25, 0.3) is 5.91 Å². The summed E-state index contributed by atoms with van der Waals surface area (Å²) < 4.78 is 31.8. The maximum atomic E-state index is 12.5. The summed E-state index contributed by atoms with van der Waals surface area (Å²) in [6.45, 7) is 0.796. The SMILES string of the molecule is O=C(COc1ccc(S(=O)(=O)N2CCCC2)cc1)Nc1cc(Cl)c(Cl)cc1Cl. The number of anilines is 1. The van der Waals surface area contributed by atoms with Gasteiger partial charge in [-0.2, -0.15) is 4.31 Å². The second-order valence-electron chi connectivity index (χ2n) is 6.17. The van der Waals surface area contributed by atoms with Crippen molar-refractivity contribution < 1.29 is 17.9 Å². The van der Waals surface area contributed by atoms with Crippen LogP contribution in [0.2, 0.25) is 15.1 Å². The molecule has 1 amide bonds. The molecular weight excluding hydrogens is 447 g/mol. The molecule has 0 bridgehead atoms. The van der Waals surface area contributed by atoms with Crippen LogP contribution in [-0.4, -0.2) is 38.3 Å². The molecule has 1 N–H and O–H groups in total. The van der Waals surface area contributed by atoms with E-state index in [4.69, 9.17) is 39.5 Å². The zero-order chi connectivity index (χ0) is 20.3. The number of carbonyl (C=O) groups is 1. The summed E-state index contributed by atoms with van der Waals surface area (Å²) >= 11 is 17.8. The van der Waals surface area contributed by atoms with Gasteiger partial charge in [-0.25, -0.2) is 8.42 Å². The van der Waals surface area contributed by atoms with E-state index < -0.39 is 15.9 Å². The molecule has 1 saturated heterocycles. The van der Waals surface area contributed by atoms with Crippen LogP contribution in [0.3, 0.4) is 0 Å². The fourth-order valence-corrected chi connectivity index (χ4v) is 4.85. The predicted molar refractivity (Wildman–Crippen MR) is 110 cm³/mol.